The summed E-state index contributed by atoms with van der Waals surface area (Å²) >= 11 is 1.51. The summed E-state index contributed by atoms with van der Waals surface area (Å²) in [6.45, 7) is 2.01. The summed E-state index contributed by atoms with van der Waals surface area (Å²) in [5.41, 5.74) is 0.608. The van der Waals surface area contributed by atoms with Gasteiger partial charge in [0.1, 0.15) is 11.6 Å². The molecule has 0 radical (unpaired) electrons. The van der Waals surface area contributed by atoms with Gasteiger partial charge in [-0.15, -0.1) is 5.10 Å². The number of nitrogens with one attached hydrogen (secondary N) is 2. The number of para-hydroxylation sites is 1. The lowest BCUT2D eigenvalue weighted by Gasteiger charge is -2.08. The molecule has 0 amide bonds. The van der Waals surface area contributed by atoms with Crippen molar-refractivity contribution in [3.05, 3.63) is 46.3 Å². The SMILES string of the molecule is C[C@H](Sc1n[nH]c(CCC2CCCC2)n1)c1nc2ccccc2c(=O)[nH]1. The Labute approximate surface area is 156 Å². The topological polar surface area (TPSA) is 87.3 Å². The average Bonchev–Trinajstić information content (AvgIpc) is 3.31. The lowest BCUT2D eigenvalue weighted by molar-refractivity contribution is 0.497. The van der Waals surface area contributed by atoms with Crippen molar-refractivity contribution in [1.29, 1.82) is 0 Å². The van der Waals surface area contributed by atoms with Gasteiger partial charge < -0.3 is 4.98 Å². The number of hydrogen-bond acceptors (Lipinski definition) is 5. The Morgan fingerprint density at radius 3 is 2.88 bits per heavy atom. The van der Waals surface area contributed by atoms with E-state index in [4.69, 9.17) is 0 Å². The number of H-pyrrole nitrogens is 2. The van der Waals surface area contributed by atoms with E-state index in [2.05, 4.69) is 25.1 Å². The number of benzene rings is 1. The molecule has 1 aromatic carbocycles. The van der Waals surface area contributed by atoms with Gasteiger partial charge >= 0.3 is 0 Å². The van der Waals surface area contributed by atoms with Gasteiger partial charge in [0.25, 0.3) is 5.56 Å². The fraction of sp³-hybridized carbons (Fsp3) is 0.474. The van der Waals surface area contributed by atoms with E-state index < -0.39 is 0 Å². The molecule has 4 rings (SSSR count). The molecule has 2 N–H and O–H groups in total. The molecule has 0 unspecified atom stereocenters. The number of thioether (sulfide) groups is 1. The fourth-order valence-corrected chi connectivity index (χ4v) is 4.39. The van der Waals surface area contributed by atoms with Crippen LogP contribution in [0.25, 0.3) is 10.9 Å². The van der Waals surface area contributed by atoms with Crippen LogP contribution in [-0.4, -0.2) is 25.1 Å². The Morgan fingerprint density at radius 2 is 2.04 bits per heavy atom. The van der Waals surface area contributed by atoms with Crippen molar-refractivity contribution in [2.75, 3.05) is 0 Å². The molecule has 1 aliphatic carbocycles. The van der Waals surface area contributed by atoms with Gasteiger partial charge in [-0.25, -0.2) is 9.97 Å². The van der Waals surface area contributed by atoms with Crippen LogP contribution in [0.3, 0.4) is 0 Å². The summed E-state index contributed by atoms with van der Waals surface area (Å²) in [6.07, 6.45) is 7.60. The number of aromatic amines is 2. The van der Waals surface area contributed by atoms with Gasteiger partial charge in [0, 0.05) is 6.42 Å². The van der Waals surface area contributed by atoms with Gasteiger partial charge in [0.15, 0.2) is 0 Å². The van der Waals surface area contributed by atoms with Gasteiger partial charge in [-0.1, -0.05) is 49.6 Å². The van der Waals surface area contributed by atoms with Crippen LogP contribution in [0.4, 0.5) is 0 Å². The van der Waals surface area contributed by atoms with Crippen LogP contribution in [0.15, 0.2) is 34.2 Å². The average molecular weight is 369 g/mol. The largest absolute Gasteiger partial charge is 0.309 e. The van der Waals surface area contributed by atoms with E-state index in [1.807, 2.05) is 25.1 Å². The third-order valence-electron chi connectivity index (χ3n) is 5.07. The van der Waals surface area contributed by atoms with Crippen LogP contribution in [0.5, 0.6) is 0 Å². The monoisotopic (exact) mass is 369 g/mol. The molecule has 0 bridgehead atoms. The Morgan fingerprint density at radius 1 is 1.23 bits per heavy atom. The zero-order valence-electron chi connectivity index (χ0n) is 14.9. The highest BCUT2D eigenvalue weighted by molar-refractivity contribution is 7.99. The summed E-state index contributed by atoms with van der Waals surface area (Å²) in [7, 11) is 0. The Hall–Kier alpha value is -2.15. The Balaban J connectivity index is 1.43. The second-order valence-corrected chi connectivity index (χ2v) is 8.29. The standard InChI is InChI=1S/C19H23N5OS/c1-12(17-20-15-9-5-4-8-14(15)18(25)22-17)26-19-21-16(23-24-19)11-10-13-6-2-3-7-13/h4-5,8-9,12-13H,2-3,6-7,10-11H2,1H3,(H,20,22,25)(H,21,23,24)/t12-/m0/s1. The van der Waals surface area contributed by atoms with E-state index in [-0.39, 0.29) is 10.8 Å². The van der Waals surface area contributed by atoms with Gasteiger partial charge in [0.2, 0.25) is 5.16 Å². The number of aromatic nitrogens is 5. The quantitative estimate of drug-likeness (QED) is 0.641. The van der Waals surface area contributed by atoms with Crippen LogP contribution in [0.2, 0.25) is 0 Å². The van der Waals surface area contributed by atoms with Crippen molar-refractivity contribution >= 4 is 22.7 Å². The number of hydrogen-bond donors (Lipinski definition) is 2. The highest BCUT2D eigenvalue weighted by Crippen LogP contribution is 2.31. The molecule has 26 heavy (non-hydrogen) atoms. The second kappa shape index (κ2) is 7.61. The minimum Gasteiger partial charge on any atom is -0.309 e. The first kappa shape index (κ1) is 17.3. The first-order valence-corrected chi connectivity index (χ1v) is 10.1. The third kappa shape index (κ3) is 3.82. The Kier molecular flexibility index (Phi) is 5.06. The molecule has 136 valence electrons. The molecule has 0 saturated heterocycles. The van der Waals surface area contributed by atoms with Crippen molar-refractivity contribution in [1.82, 2.24) is 25.1 Å². The second-order valence-electron chi connectivity index (χ2n) is 6.98. The molecule has 7 heteroatoms. The summed E-state index contributed by atoms with van der Waals surface area (Å²) in [5, 5.41) is 8.65. The predicted octanol–water partition coefficient (Wildman–Crippen LogP) is 4.02. The molecule has 2 heterocycles. The molecule has 0 spiro atoms. The lowest BCUT2D eigenvalue weighted by Crippen LogP contribution is -2.12. The molecular formula is C19H23N5OS. The van der Waals surface area contributed by atoms with Gasteiger partial charge in [-0.2, -0.15) is 0 Å². The molecule has 1 saturated carbocycles. The predicted molar refractivity (Wildman–Crippen MR) is 103 cm³/mol. The zero-order chi connectivity index (χ0) is 17.9. The summed E-state index contributed by atoms with van der Waals surface area (Å²) < 4.78 is 0. The van der Waals surface area contributed by atoms with Crippen LogP contribution in [0.1, 0.15) is 55.9 Å². The number of rotatable bonds is 6. The maximum atomic E-state index is 12.2. The number of nitrogens with zero attached hydrogens (tertiary/aromatic N) is 3. The first-order chi connectivity index (χ1) is 12.7. The Bertz CT molecular complexity index is 944. The maximum Gasteiger partial charge on any atom is 0.258 e. The fourth-order valence-electron chi connectivity index (χ4n) is 3.59. The molecule has 2 aromatic heterocycles. The van der Waals surface area contributed by atoms with Crippen molar-refractivity contribution in [3.8, 4) is 0 Å². The summed E-state index contributed by atoms with van der Waals surface area (Å²) in [4.78, 5) is 24.3. The van der Waals surface area contributed by atoms with Crippen LogP contribution in [0, 0.1) is 5.92 Å². The minimum absolute atomic E-state index is 0.0363. The van der Waals surface area contributed by atoms with E-state index >= 15 is 0 Å². The molecule has 1 aliphatic rings. The van der Waals surface area contributed by atoms with Crippen molar-refractivity contribution in [2.24, 2.45) is 5.92 Å². The number of aryl methyl sites for hydroxylation is 1. The van der Waals surface area contributed by atoms with Gasteiger partial charge in [-0.05, 0) is 31.4 Å². The molecule has 1 fully saturated rings. The molecule has 0 aliphatic heterocycles. The summed E-state index contributed by atoms with van der Waals surface area (Å²) in [5.74, 6) is 2.45. The van der Waals surface area contributed by atoms with Gasteiger partial charge in [0.05, 0.1) is 16.2 Å². The van der Waals surface area contributed by atoms with E-state index in [0.717, 1.165) is 18.2 Å². The minimum atomic E-state index is -0.106. The van der Waals surface area contributed by atoms with Crippen LogP contribution in [-0.2, 0) is 6.42 Å². The first-order valence-electron chi connectivity index (χ1n) is 9.26. The van der Waals surface area contributed by atoms with E-state index in [9.17, 15) is 4.79 Å². The zero-order valence-corrected chi connectivity index (χ0v) is 15.7. The van der Waals surface area contributed by atoms with E-state index in [0.29, 0.717) is 21.9 Å². The van der Waals surface area contributed by atoms with Crippen LogP contribution < -0.4 is 5.56 Å². The number of fused-ring (bicyclic) bond motifs is 1. The normalized spacial score (nSPS) is 16.3. The molecular weight excluding hydrogens is 346 g/mol. The third-order valence-corrected chi connectivity index (χ3v) is 6.04. The van der Waals surface area contributed by atoms with Crippen molar-refractivity contribution in [2.45, 2.75) is 55.9 Å². The highest BCUT2D eigenvalue weighted by atomic mass is 32.2. The molecule has 3 aromatic rings. The summed E-state index contributed by atoms with van der Waals surface area (Å²) in [6, 6.07) is 7.38. The van der Waals surface area contributed by atoms with E-state index in [1.165, 1.54) is 43.9 Å². The van der Waals surface area contributed by atoms with Crippen molar-refractivity contribution in [3.63, 3.8) is 0 Å². The maximum absolute atomic E-state index is 12.2. The molecule has 1 atom stereocenters. The molecule has 6 nitrogen and oxygen atoms in total. The highest BCUT2D eigenvalue weighted by Gasteiger charge is 2.17. The van der Waals surface area contributed by atoms with Crippen LogP contribution >= 0.6 is 11.8 Å². The van der Waals surface area contributed by atoms with Crippen molar-refractivity contribution < 1.29 is 0 Å². The van der Waals surface area contributed by atoms with E-state index in [1.54, 1.807) is 6.07 Å². The lowest BCUT2D eigenvalue weighted by atomic mass is 10.0. The smallest absolute Gasteiger partial charge is 0.258 e. The van der Waals surface area contributed by atoms with Gasteiger partial charge in [-0.3, -0.25) is 9.89 Å².